The fourth-order valence-electron chi connectivity index (χ4n) is 5.33. The number of carbonyl (C=O) groups excluding carboxylic acids is 1. The Morgan fingerprint density at radius 2 is 1.79 bits per heavy atom. The molecule has 5 nitrogen and oxygen atoms in total. The predicted octanol–water partition coefficient (Wildman–Crippen LogP) is 6.07. The quantitative estimate of drug-likeness (QED) is 0.412. The molecule has 2 heterocycles. The van der Waals surface area contributed by atoms with Gasteiger partial charge >= 0.3 is 0 Å². The van der Waals surface area contributed by atoms with E-state index in [4.69, 9.17) is 9.47 Å². The van der Waals surface area contributed by atoms with Gasteiger partial charge in [0.15, 0.2) is 11.5 Å². The van der Waals surface area contributed by atoms with Gasteiger partial charge in [0.2, 0.25) is 5.91 Å². The molecule has 0 spiro atoms. The van der Waals surface area contributed by atoms with Crippen LogP contribution in [0.15, 0.2) is 48.5 Å². The van der Waals surface area contributed by atoms with E-state index in [1.807, 2.05) is 24.3 Å². The van der Waals surface area contributed by atoms with Gasteiger partial charge in [0.1, 0.15) is 5.66 Å². The van der Waals surface area contributed by atoms with Crippen molar-refractivity contribution in [2.24, 2.45) is 0 Å². The van der Waals surface area contributed by atoms with Crippen LogP contribution in [0.1, 0.15) is 70.4 Å². The Kier molecular flexibility index (Phi) is 7.20. The van der Waals surface area contributed by atoms with Gasteiger partial charge in [-0.05, 0) is 41.8 Å². The van der Waals surface area contributed by atoms with E-state index in [-0.39, 0.29) is 11.3 Å². The van der Waals surface area contributed by atoms with Crippen LogP contribution in [0.5, 0.6) is 11.5 Å². The number of amides is 1. The van der Waals surface area contributed by atoms with Crippen molar-refractivity contribution in [2.45, 2.75) is 70.4 Å². The molecule has 1 unspecified atom stereocenters. The minimum Gasteiger partial charge on any atom is -0.493 e. The lowest BCUT2D eigenvalue weighted by Crippen LogP contribution is -2.58. The van der Waals surface area contributed by atoms with Crippen LogP contribution in [-0.4, -0.2) is 31.8 Å². The summed E-state index contributed by atoms with van der Waals surface area (Å²) in [5, 5.41) is 3.27. The first-order chi connectivity index (χ1) is 16.4. The molecule has 2 aromatic carbocycles. The van der Waals surface area contributed by atoms with Crippen molar-refractivity contribution in [3.63, 3.8) is 0 Å². The largest absolute Gasteiger partial charge is 0.493 e. The number of rotatable bonds is 11. The number of hydrogen-bond acceptors (Lipinski definition) is 4. The lowest BCUT2D eigenvalue weighted by atomic mass is 9.75. The van der Waals surface area contributed by atoms with Crippen molar-refractivity contribution in [3.8, 4) is 11.5 Å². The number of benzene rings is 2. The van der Waals surface area contributed by atoms with Crippen molar-refractivity contribution in [3.05, 3.63) is 59.7 Å². The van der Waals surface area contributed by atoms with Gasteiger partial charge in [-0.1, -0.05) is 83.2 Å². The van der Waals surface area contributed by atoms with Crippen LogP contribution < -0.4 is 19.7 Å². The number of nitrogens with one attached hydrogen (secondary N) is 1. The Labute approximate surface area is 204 Å². The highest BCUT2D eigenvalue weighted by Crippen LogP contribution is 2.52. The summed E-state index contributed by atoms with van der Waals surface area (Å²) in [7, 11) is 1.68. The highest BCUT2D eigenvalue weighted by Gasteiger charge is 2.59. The minimum atomic E-state index is -0.603. The maximum Gasteiger partial charge on any atom is 0.241 e. The summed E-state index contributed by atoms with van der Waals surface area (Å²) >= 11 is 0. The van der Waals surface area contributed by atoms with Crippen molar-refractivity contribution < 1.29 is 14.3 Å². The summed E-state index contributed by atoms with van der Waals surface area (Å²) in [6.07, 6.45) is 11.6. The third kappa shape index (κ3) is 4.40. The first kappa shape index (κ1) is 24.2. The molecule has 2 aliphatic heterocycles. The van der Waals surface area contributed by atoms with Crippen LogP contribution in [0.2, 0.25) is 0 Å². The smallest absolute Gasteiger partial charge is 0.241 e. The molecule has 182 valence electrons. The number of ether oxygens (including phenoxy) is 2. The number of carbonyl (C=O) groups is 1. The lowest BCUT2D eigenvalue weighted by Gasteiger charge is -2.40. The Morgan fingerprint density at radius 3 is 2.59 bits per heavy atom. The van der Waals surface area contributed by atoms with Crippen molar-refractivity contribution >= 4 is 17.7 Å². The summed E-state index contributed by atoms with van der Waals surface area (Å²) in [4.78, 5) is 14.7. The molecule has 34 heavy (non-hydrogen) atoms. The van der Waals surface area contributed by atoms with E-state index in [1.54, 1.807) is 7.11 Å². The second-order valence-corrected chi connectivity index (χ2v) is 9.90. The monoisotopic (exact) mass is 462 g/mol. The molecule has 0 aromatic heterocycles. The molecule has 2 aliphatic rings. The molecule has 1 N–H and O–H groups in total. The molecule has 0 aliphatic carbocycles. The first-order valence-corrected chi connectivity index (χ1v) is 12.6. The highest BCUT2D eigenvalue weighted by atomic mass is 16.5. The molecule has 0 saturated carbocycles. The van der Waals surface area contributed by atoms with Gasteiger partial charge in [-0.15, -0.1) is 0 Å². The van der Waals surface area contributed by atoms with Gasteiger partial charge in [0.05, 0.1) is 20.3 Å². The van der Waals surface area contributed by atoms with Crippen molar-refractivity contribution in [1.29, 1.82) is 0 Å². The molecule has 0 radical (unpaired) electrons. The fraction of sp³-hybridized carbons (Fsp3) is 0.483. The van der Waals surface area contributed by atoms with E-state index in [1.165, 1.54) is 37.7 Å². The third-order valence-corrected chi connectivity index (χ3v) is 7.34. The maximum absolute atomic E-state index is 12.5. The fourth-order valence-corrected chi connectivity index (χ4v) is 5.33. The van der Waals surface area contributed by atoms with Gasteiger partial charge < -0.3 is 19.7 Å². The van der Waals surface area contributed by atoms with E-state index in [9.17, 15) is 4.79 Å². The van der Waals surface area contributed by atoms with Crippen LogP contribution in [0.3, 0.4) is 0 Å². The summed E-state index contributed by atoms with van der Waals surface area (Å²) < 4.78 is 11.6. The summed E-state index contributed by atoms with van der Waals surface area (Å²) in [6, 6.07) is 14.4. The van der Waals surface area contributed by atoms with Gasteiger partial charge in [-0.3, -0.25) is 4.79 Å². The van der Waals surface area contributed by atoms with Crippen molar-refractivity contribution in [2.75, 3.05) is 25.2 Å². The normalized spacial score (nSPS) is 20.4. The van der Waals surface area contributed by atoms with E-state index in [2.05, 4.69) is 61.3 Å². The number of methoxy groups -OCH3 is 1. The van der Waals surface area contributed by atoms with Crippen LogP contribution in [-0.2, 0) is 10.2 Å². The molecule has 1 saturated heterocycles. The number of anilines is 1. The Morgan fingerprint density at radius 1 is 1.03 bits per heavy atom. The van der Waals surface area contributed by atoms with Gasteiger partial charge in [0, 0.05) is 11.1 Å². The molecule has 0 bridgehead atoms. The molecule has 4 rings (SSSR count). The topological polar surface area (TPSA) is 50.8 Å². The third-order valence-electron chi connectivity index (χ3n) is 7.34. The average molecular weight is 463 g/mol. The van der Waals surface area contributed by atoms with Crippen LogP contribution in [0, 0.1) is 0 Å². The number of fused-ring (bicyclic) bond motifs is 3. The molecule has 5 heteroatoms. The van der Waals surface area contributed by atoms with Gasteiger partial charge in [0.25, 0.3) is 0 Å². The summed E-state index contributed by atoms with van der Waals surface area (Å²) in [5.74, 6) is 1.55. The van der Waals surface area contributed by atoms with E-state index < -0.39 is 5.66 Å². The molecular weight excluding hydrogens is 424 g/mol. The molecule has 1 atom stereocenters. The molecule has 1 fully saturated rings. The lowest BCUT2D eigenvalue weighted by molar-refractivity contribution is -0.118. The van der Waals surface area contributed by atoms with E-state index >= 15 is 0 Å². The average Bonchev–Trinajstić information content (AvgIpc) is 3.27. The highest BCUT2D eigenvalue weighted by molar-refractivity contribution is 5.91. The maximum atomic E-state index is 12.5. The summed E-state index contributed by atoms with van der Waals surface area (Å²) in [5.41, 5.74) is 2.48. The minimum absolute atomic E-state index is 0.0447. The zero-order valence-electron chi connectivity index (χ0n) is 21.0. The molecule has 1 amide bonds. The molecular formula is C29H38N2O3. The predicted molar refractivity (Wildman–Crippen MR) is 139 cm³/mol. The SMILES string of the molecule is CCCCCCCCOc1ccc(/C=C/C23NC(=O)CN2c2ccccc2C3(C)C)cc1OC. The van der Waals surface area contributed by atoms with Crippen LogP contribution in [0.25, 0.3) is 6.08 Å². The van der Waals surface area contributed by atoms with Crippen LogP contribution in [0.4, 0.5) is 5.69 Å². The molecule has 2 aromatic rings. The Balaban J connectivity index is 1.48. The van der Waals surface area contributed by atoms with Gasteiger partial charge in [-0.25, -0.2) is 0 Å². The van der Waals surface area contributed by atoms with E-state index in [0.717, 1.165) is 29.2 Å². The first-order valence-electron chi connectivity index (χ1n) is 12.6. The Bertz CT molecular complexity index is 1050. The standard InChI is InChI=1S/C29H38N2O3/c1-5-6-7-8-9-12-19-34-25-16-15-22(20-26(25)33-4)17-18-29-28(2,3)23-13-10-11-14-24(23)31(29)21-27(32)30-29/h10-11,13-18,20H,5-9,12,19,21H2,1-4H3,(H,30,32)/b18-17+. The number of nitrogens with zero attached hydrogens (tertiary/aromatic N) is 1. The number of hydrogen-bond donors (Lipinski definition) is 1. The number of para-hydroxylation sites is 1. The second kappa shape index (κ2) is 10.1. The van der Waals surface area contributed by atoms with Gasteiger partial charge in [-0.2, -0.15) is 0 Å². The van der Waals surface area contributed by atoms with Crippen LogP contribution >= 0.6 is 0 Å². The Hall–Kier alpha value is -2.95. The second-order valence-electron chi connectivity index (χ2n) is 9.90. The van der Waals surface area contributed by atoms with E-state index in [0.29, 0.717) is 13.2 Å². The zero-order valence-corrected chi connectivity index (χ0v) is 21.0. The number of unbranched alkanes of at least 4 members (excludes halogenated alkanes) is 5. The van der Waals surface area contributed by atoms with Crippen molar-refractivity contribution in [1.82, 2.24) is 5.32 Å². The zero-order chi connectivity index (χ0) is 24.2. The summed E-state index contributed by atoms with van der Waals surface area (Å²) in [6.45, 7) is 7.69.